The van der Waals surface area contributed by atoms with Crippen LogP contribution in [0.1, 0.15) is 48.2 Å². The molecule has 6 rings (SSSR count). The van der Waals surface area contributed by atoms with Crippen LogP contribution in [0.3, 0.4) is 0 Å². The van der Waals surface area contributed by atoms with Crippen molar-refractivity contribution in [2.75, 3.05) is 24.3 Å². The van der Waals surface area contributed by atoms with Crippen LogP contribution in [0.5, 0.6) is 5.75 Å². The van der Waals surface area contributed by atoms with Crippen molar-refractivity contribution in [2.24, 2.45) is 5.92 Å². The first-order chi connectivity index (χ1) is 21.9. The first-order valence-electron chi connectivity index (χ1n) is 15.2. The third-order valence-electron chi connectivity index (χ3n) is 8.37. The summed E-state index contributed by atoms with van der Waals surface area (Å²) in [5.74, 6) is 1.47. The standard InChI is InChI=1S/C33H36FN7O4/c1-44-27-12-8-23(9-13-27)20-41-38-31(37-39-41)18-22-6-14-28(15-7-22)45-33(43)40-17-16-24-19-26(11-10-25(24)21-40)35-32(42)36-30-5-3-2-4-29(30)34/h2-5,8-13,19,22,28H,6-7,14-18,20-21H2,1H3,(H2,35,36,42). The number of carbonyl (C=O) groups excluding carboxylic acids is 2. The Hall–Kier alpha value is -5.00. The summed E-state index contributed by atoms with van der Waals surface area (Å²) in [6.07, 6.45) is 4.51. The van der Waals surface area contributed by atoms with E-state index in [0.717, 1.165) is 60.4 Å². The number of halogens is 1. The highest BCUT2D eigenvalue weighted by Gasteiger charge is 2.28. The zero-order valence-corrected chi connectivity index (χ0v) is 25.1. The first-order valence-corrected chi connectivity index (χ1v) is 15.2. The maximum Gasteiger partial charge on any atom is 0.410 e. The molecule has 2 N–H and O–H groups in total. The Morgan fingerprint density at radius 3 is 2.56 bits per heavy atom. The lowest BCUT2D eigenvalue weighted by molar-refractivity contribution is 0.0350. The van der Waals surface area contributed by atoms with Gasteiger partial charge in [-0.3, -0.25) is 0 Å². The number of para-hydroxylation sites is 1. The summed E-state index contributed by atoms with van der Waals surface area (Å²) in [6, 6.07) is 18.9. The van der Waals surface area contributed by atoms with Crippen molar-refractivity contribution in [3.05, 3.63) is 95.1 Å². The summed E-state index contributed by atoms with van der Waals surface area (Å²) in [5.41, 5.74) is 3.85. The van der Waals surface area contributed by atoms with Crippen LogP contribution in [0.4, 0.5) is 25.4 Å². The predicted molar refractivity (Wildman–Crippen MR) is 165 cm³/mol. The molecule has 0 unspecified atom stereocenters. The van der Waals surface area contributed by atoms with E-state index in [1.807, 2.05) is 36.4 Å². The monoisotopic (exact) mass is 613 g/mol. The van der Waals surface area contributed by atoms with Crippen LogP contribution in [-0.4, -0.2) is 57.0 Å². The Kier molecular flexibility index (Phi) is 9.18. The van der Waals surface area contributed by atoms with E-state index in [-0.39, 0.29) is 17.9 Å². The molecule has 0 atom stereocenters. The molecule has 4 aromatic rings. The fourth-order valence-electron chi connectivity index (χ4n) is 5.88. The number of fused-ring (bicyclic) bond motifs is 1. The number of rotatable bonds is 8. The fourth-order valence-corrected chi connectivity index (χ4v) is 5.88. The zero-order chi connectivity index (χ0) is 31.2. The number of hydrogen-bond acceptors (Lipinski definition) is 7. The van der Waals surface area contributed by atoms with E-state index in [1.54, 1.807) is 35.0 Å². The van der Waals surface area contributed by atoms with Gasteiger partial charge in [0.25, 0.3) is 0 Å². The molecule has 1 aliphatic carbocycles. The molecule has 1 fully saturated rings. The molecule has 0 saturated heterocycles. The number of ether oxygens (including phenoxy) is 2. The number of carbonyl (C=O) groups is 2. The van der Waals surface area contributed by atoms with E-state index in [9.17, 15) is 14.0 Å². The molecule has 1 aliphatic heterocycles. The quantitative estimate of drug-likeness (QED) is 0.257. The molecule has 12 heteroatoms. The molecule has 2 aliphatic rings. The molecule has 0 spiro atoms. The number of methoxy groups -OCH3 is 1. The van der Waals surface area contributed by atoms with Gasteiger partial charge in [-0.2, -0.15) is 4.80 Å². The van der Waals surface area contributed by atoms with Crippen molar-refractivity contribution < 1.29 is 23.5 Å². The van der Waals surface area contributed by atoms with E-state index >= 15 is 0 Å². The molecule has 2 heterocycles. The lowest BCUT2D eigenvalue weighted by Gasteiger charge is -2.32. The second-order valence-electron chi connectivity index (χ2n) is 11.5. The highest BCUT2D eigenvalue weighted by atomic mass is 19.1. The summed E-state index contributed by atoms with van der Waals surface area (Å²) in [4.78, 5) is 28.7. The Morgan fingerprint density at radius 1 is 0.978 bits per heavy atom. The average molecular weight is 614 g/mol. The second-order valence-corrected chi connectivity index (χ2v) is 11.5. The number of hydrogen-bond donors (Lipinski definition) is 2. The Labute approximate surface area is 260 Å². The van der Waals surface area contributed by atoms with Gasteiger partial charge in [-0.1, -0.05) is 30.3 Å². The van der Waals surface area contributed by atoms with Crippen molar-refractivity contribution in [3.8, 4) is 5.75 Å². The van der Waals surface area contributed by atoms with E-state index in [0.29, 0.717) is 37.7 Å². The lowest BCUT2D eigenvalue weighted by atomic mass is 9.85. The van der Waals surface area contributed by atoms with Gasteiger partial charge in [0.05, 0.1) is 19.3 Å². The number of benzene rings is 3. The van der Waals surface area contributed by atoms with Gasteiger partial charge in [0.2, 0.25) is 0 Å². The summed E-state index contributed by atoms with van der Waals surface area (Å²) in [5, 5.41) is 18.3. The summed E-state index contributed by atoms with van der Waals surface area (Å²) < 4.78 is 25.0. The highest BCUT2D eigenvalue weighted by molar-refractivity contribution is 5.99. The number of urea groups is 1. The van der Waals surface area contributed by atoms with Crippen molar-refractivity contribution >= 4 is 23.5 Å². The topological polar surface area (TPSA) is 124 Å². The van der Waals surface area contributed by atoms with Crippen LogP contribution >= 0.6 is 0 Å². The molecule has 11 nitrogen and oxygen atoms in total. The fraction of sp³-hybridized carbons (Fsp3) is 0.364. The van der Waals surface area contributed by atoms with Crippen LogP contribution in [0, 0.1) is 11.7 Å². The number of nitrogens with zero attached hydrogens (tertiary/aromatic N) is 5. The van der Waals surface area contributed by atoms with Gasteiger partial charge in [-0.15, -0.1) is 10.2 Å². The van der Waals surface area contributed by atoms with Crippen LogP contribution in [0.2, 0.25) is 0 Å². The van der Waals surface area contributed by atoms with Crippen LogP contribution in [0.25, 0.3) is 0 Å². The smallest absolute Gasteiger partial charge is 0.410 e. The molecule has 3 aromatic carbocycles. The number of aromatic nitrogens is 4. The minimum atomic E-state index is -0.525. The minimum Gasteiger partial charge on any atom is -0.497 e. The van der Waals surface area contributed by atoms with Crippen molar-refractivity contribution in [3.63, 3.8) is 0 Å². The van der Waals surface area contributed by atoms with Gasteiger partial charge in [0.1, 0.15) is 17.7 Å². The normalized spacial score (nSPS) is 17.7. The second kappa shape index (κ2) is 13.7. The van der Waals surface area contributed by atoms with Crippen molar-refractivity contribution in [1.82, 2.24) is 25.1 Å². The third-order valence-corrected chi connectivity index (χ3v) is 8.37. The molecular weight excluding hydrogens is 577 g/mol. The average Bonchev–Trinajstić information content (AvgIpc) is 3.49. The molecule has 0 radical (unpaired) electrons. The Balaban J connectivity index is 0.932. The maximum absolute atomic E-state index is 13.8. The van der Waals surface area contributed by atoms with Gasteiger partial charge in [-0.05, 0) is 96.3 Å². The minimum absolute atomic E-state index is 0.103. The van der Waals surface area contributed by atoms with Gasteiger partial charge in [-0.25, -0.2) is 14.0 Å². The largest absolute Gasteiger partial charge is 0.497 e. The predicted octanol–water partition coefficient (Wildman–Crippen LogP) is 5.81. The SMILES string of the molecule is COc1ccc(Cn2nnc(CC3CCC(OC(=O)N4CCc5cc(NC(=O)Nc6ccccc6F)ccc5C4)CC3)n2)cc1. The lowest BCUT2D eigenvalue weighted by Crippen LogP contribution is -2.39. The number of amides is 3. The molecule has 1 saturated carbocycles. The van der Waals surface area contributed by atoms with Crippen molar-refractivity contribution in [1.29, 1.82) is 0 Å². The summed E-state index contributed by atoms with van der Waals surface area (Å²) in [7, 11) is 1.64. The molecule has 3 amide bonds. The molecule has 1 aromatic heterocycles. The summed E-state index contributed by atoms with van der Waals surface area (Å²) in [6.45, 7) is 1.53. The van der Waals surface area contributed by atoms with E-state index < -0.39 is 11.8 Å². The van der Waals surface area contributed by atoms with E-state index in [2.05, 4.69) is 26.0 Å². The number of anilines is 2. The Morgan fingerprint density at radius 2 is 1.78 bits per heavy atom. The van der Waals surface area contributed by atoms with E-state index in [1.165, 1.54) is 12.1 Å². The van der Waals surface area contributed by atoms with Gasteiger partial charge < -0.3 is 25.0 Å². The maximum atomic E-state index is 13.8. The van der Waals surface area contributed by atoms with Crippen LogP contribution in [-0.2, 0) is 30.7 Å². The summed E-state index contributed by atoms with van der Waals surface area (Å²) >= 11 is 0. The molecule has 45 heavy (non-hydrogen) atoms. The number of nitrogens with one attached hydrogen (secondary N) is 2. The van der Waals surface area contributed by atoms with Gasteiger partial charge in [0, 0.05) is 25.2 Å². The number of tetrazole rings is 1. The van der Waals surface area contributed by atoms with Crippen LogP contribution in [0.15, 0.2) is 66.7 Å². The van der Waals surface area contributed by atoms with Gasteiger partial charge >= 0.3 is 12.1 Å². The highest BCUT2D eigenvalue weighted by Crippen LogP contribution is 2.30. The molecular formula is C33H36FN7O4. The van der Waals surface area contributed by atoms with Crippen molar-refractivity contribution in [2.45, 2.75) is 57.7 Å². The molecule has 0 bridgehead atoms. The van der Waals surface area contributed by atoms with Gasteiger partial charge in [0.15, 0.2) is 5.82 Å². The van der Waals surface area contributed by atoms with E-state index in [4.69, 9.17) is 9.47 Å². The third kappa shape index (κ3) is 7.75. The first kappa shape index (κ1) is 30.0. The van der Waals surface area contributed by atoms with Crippen LogP contribution < -0.4 is 15.4 Å². The molecule has 234 valence electrons. The Bertz CT molecular complexity index is 1640. The zero-order valence-electron chi connectivity index (χ0n) is 25.1.